The van der Waals surface area contributed by atoms with Gasteiger partial charge in [0.15, 0.2) is 12.3 Å². The average molecular weight is 565 g/mol. The Morgan fingerprint density at radius 2 is 1.94 bits per heavy atom. The lowest BCUT2D eigenvalue weighted by Gasteiger charge is -2.22. The average Bonchev–Trinajstić information content (AvgIpc) is 3.04. The molecule has 10 heteroatoms. The van der Waals surface area contributed by atoms with Gasteiger partial charge in [-0.3, -0.25) is 0 Å². The monoisotopic (exact) mass is 564 g/mol. The number of nitrogens with one attached hydrogen (secondary N) is 1. The van der Waals surface area contributed by atoms with Gasteiger partial charge >= 0.3 is 5.97 Å². The zero-order valence-electron chi connectivity index (χ0n) is 19.1. The Kier molecular flexibility index (Phi) is 7.06. The van der Waals surface area contributed by atoms with E-state index in [1.165, 1.54) is 17.3 Å². The van der Waals surface area contributed by atoms with Crippen molar-refractivity contribution in [3.63, 3.8) is 0 Å². The highest BCUT2D eigenvalue weighted by atomic mass is 79.9. The number of carboxylic acids is 1. The molecule has 0 unspecified atom stereocenters. The smallest absolute Gasteiger partial charge is 0.341 e. The molecule has 36 heavy (non-hydrogen) atoms. The first kappa shape index (κ1) is 24.1. The molecule has 0 spiro atoms. The standard InChI is InChI=1S/C26H21BrN4O4S/c1-15-6-8-16(9-7-15)14-36-26-29-25-23(30-31-26)18-4-2-3-5-20(18)28-24(35-25)19-12-17(27)10-11-21(19)34-13-22(32)33/h2-12,24,28H,13-14H2,1H3,(H,32,33)/t24-/m0/s1. The molecule has 0 radical (unpaired) electrons. The number of aromatic nitrogens is 3. The predicted molar refractivity (Wildman–Crippen MR) is 140 cm³/mol. The second-order valence-electron chi connectivity index (χ2n) is 8.07. The molecule has 0 bridgehead atoms. The Labute approximate surface area is 220 Å². The Hall–Kier alpha value is -3.63. The summed E-state index contributed by atoms with van der Waals surface area (Å²) >= 11 is 4.96. The minimum atomic E-state index is -1.07. The first-order valence-corrected chi connectivity index (χ1v) is 12.8. The van der Waals surface area contributed by atoms with E-state index in [2.05, 4.69) is 67.6 Å². The Morgan fingerprint density at radius 3 is 2.75 bits per heavy atom. The van der Waals surface area contributed by atoms with Gasteiger partial charge in [0.2, 0.25) is 17.3 Å². The molecule has 8 nitrogen and oxygen atoms in total. The largest absolute Gasteiger partial charge is 0.481 e. The molecule has 1 aromatic heterocycles. The van der Waals surface area contributed by atoms with Crippen LogP contribution in [0.2, 0.25) is 0 Å². The molecule has 4 aromatic rings. The third-order valence-corrected chi connectivity index (χ3v) is 6.83. The highest BCUT2D eigenvalue weighted by Gasteiger charge is 2.28. The summed E-state index contributed by atoms with van der Waals surface area (Å²) < 4.78 is 12.7. The number of anilines is 1. The van der Waals surface area contributed by atoms with Crippen LogP contribution in [0.5, 0.6) is 11.6 Å². The van der Waals surface area contributed by atoms with Gasteiger partial charge in [-0.1, -0.05) is 75.7 Å². The number of carboxylic acid groups (broad SMARTS) is 1. The van der Waals surface area contributed by atoms with E-state index in [1.54, 1.807) is 12.1 Å². The number of aryl methyl sites for hydroxylation is 1. The lowest BCUT2D eigenvalue weighted by atomic mass is 10.1. The molecular formula is C26H21BrN4O4S. The van der Waals surface area contributed by atoms with Crippen molar-refractivity contribution in [3.05, 3.63) is 87.9 Å². The van der Waals surface area contributed by atoms with E-state index < -0.39 is 18.8 Å². The zero-order valence-corrected chi connectivity index (χ0v) is 21.5. The molecule has 2 heterocycles. The fourth-order valence-corrected chi connectivity index (χ4v) is 4.79. The topological polar surface area (TPSA) is 106 Å². The number of carbonyl (C=O) groups is 1. The first-order valence-electron chi connectivity index (χ1n) is 11.1. The molecule has 0 saturated carbocycles. The minimum Gasteiger partial charge on any atom is -0.481 e. The van der Waals surface area contributed by atoms with Crippen molar-refractivity contribution in [2.24, 2.45) is 0 Å². The highest BCUT2D eigenvalue weighted by molar-refractivity contribution is 9.10. The maximum atomic E-state index is 11.1. The number of ether oxygens (including phenoxy) is 2. The normalized spacial score (nSPS) is 14.0. The molecule has 0 amide bonds. The molecule has 0 saturated heterocycles. The molecule has 1 atom stereocenters. The van der Waals surface area contributed by atoms with Crippen molar-refractivity contribution in [3.8, 4) is 22.9 Å². The first-order chi connectivity index (χ1) is 17.5. The quantitative estimate of drug-likeness (QED) is 0.266. The number of rotatable bonds is 7. The summed E-state index contributed by atoms with van der Waals surface area (Å²) in [7, 11) is 0. The Balaban J connectivity index is 1.50. The summed E-state index contributed by atoms with van der Waals surface area (Å²) in [5.41, 5.74) is 5.07. The number of hydrogen-bond donors (Lipinski definition) is 2. The van der Waals surface area contributed by atoms with Crippen molar-refractivity contribution in [1.82, 2.24) is 15.2 Å². The van der Waals surface area contributed by atoms with E-state index in [0.717, 1.165) is 21.3 Å². The van der Waals surface area contributed by atoms with E-state index in [1.807, 2.05) is 30.3 Å². The fourth-order valence-electron chi connectivity index (χ4n) is 3.68. The summed E-state index contributed by atoms with van der Waals surface area (Å²) in [5, 5.41) is 21.8. The van der Waals surface area contributed by atoms with Gasteiger partial charge in [-0.2, -0.15) is 4.98 Å². The number of thioether (sulfide) groups is 1. The number of fused-ring (bicyclic) bond motifs is 3. The van der Waals surface area contributed by atoms with Crippen LogP contribution in [0.1, 0.15) is 22.9 Å². The third kappa shape index (κ3) is 5.44. The van der Waals surface area contributed by atoms with Gasteiger partial charge < -0.3 is 19.9 Å². The lowest BCUT2D eigenvalue weighted by molar-refractivity contribution is -0.139. The van der Waals surface area contributed by atoms with Crippen molar-refractivity contribution in [1.29, 1.82) is 0 Å². The minimum absolute atomic E-state index is 0.322. The number of benzene rings is 3. The van der Waals surface area contributed by atoms with Crippen LogP contribution in [0.4, 0.5) is 5.69 Å². The molecule has 5 rings (SSSR count). The van der Waals surface area contributed by atoms with E-state index >= 15 is 0 Å². The predicted octanol–water partition coefficient (Wildman–Crippen LogP) is 5.87. The van der Waals surface area contributed by atoms with Crippen LogP contribution in [0, 0.1) is 6.92 Å². The third-order valence-electron chi connectivity index (χ3n) is 5.43. The van der Waals surface area contributed by atoms with Crippen molar-refractivity contribution >= 4 is 39.3 Å². The molecule has 2 N–H and O–H groups in total. The van der Waals surface area contributed by atoms with Crippen molar-refractivity contribution < 1.29 is 19.4 Å². The second kappa shape index (κ2) is 10.5. The van der Waals surface area contributed by atoms with Gasteiger partial charge in [-0.25, -0.2) is 4.79 Å². The highest BCUT2D eigenvalue weighted by Crippen LogP contribution is 2.41. The molecule has 1 aliphatic heterocycles. The van der Waals surface area contributed by atoms with E-state index in [-0.39, 0.29) is 0 Å². The van der Waals surface area contributed by atoms with E-state index in [9.17, 15) is 4.79 Å². The summed E-state index contributed by atoms with van der Waals surface area (Å²) in [4.78, 5) is 15.8. The van der Waals surface area contributed by atoms with Gasteiger partial charge in [0.25, 0.3) is 0 Å². The zero-order chi connectivity index (χ0) is 25.1. The van der Waals surface area contributed by atoms with Crippen LogP contribution >= 0.6 is 27.7 Å². The number of para-hydroxylation sites is 1. The number of nitrogens with zero attached hydrogens (tertiary/aromatic N) is 3. The van der Waals surface area contributed by atoms with Crippen LogP contribution in [0.3, 0.4) is 0 Å². The lowest BCUT2D eigenvalue weighted by Crippen LogP contribution is -2.19. The fraction of sp³-hybridized carbons (Fsp3) is 0.154. The number of aliphatic carboxylic acids is 1. The van der Waals surface area contributed by atoms with Crippen LogP contribution in [-0.2, 0) is 10.5 Å². The van der Waals surface area contributed by atoms with Gasteiger partial charge in [-0.05, 0) is 36.8 Å². The summed E-state index contributed by atoms with van der Waals surface area (Å²) in [6, 6.07) is 21.3. The number of halogens is 1. The van der Waals surface area contributed by atoms with Crippen LogP contribution < -0.4 is 14.8 Å². The molecule has 0 fully saturated rings. The molecule has 0 aliphatic carbocycles. The summed E-state index contributed by atoms with van der Waals surface area (Å²) in [6.07, 6.45) is -0.722. The van der Waals surface area contributed by atoms with Crippen LogP contribution in [-0.4, -0.2) is 32.9 Å². The number of hydrogen-bond acceptors (Lipinski definition) is 8. The van der Waals surface area contributed by atoms with Crippen molar-refractivity contribution in [2.45, 2.75) is 24.1 Å². The van der Waals surface area contributed by atoms with E-state index in [4.69, 9.17) is 14.6 Å². The van der Waals surface area contributed by atoms with Gasteiger partial charge in [0.05, 0.1) is 5.56 Å². The van der Waals surface area contributed by atoms with Gasteiger partial charge in [0.1, 0.15) is 5.75 Å². The van der Waals surface area contributed by atoms with Gasteiger partial charge in [0, 0.05) is 21.5 Å². The molecule has 1 aliphatic rings. The maximum Gasteiger partial charge on any atom is 0.341 e. The van der Waals surface area contributed by atoms with Crippen molar-refractivity contribution in [2.75, 3.05) is 11.9 Å². The Bertz CT molecular complexity index is 1420. The molecule has 3 aromatic carbocycles. The van der Waals surface area contributed by atoms with Crippen LogP contribution in [0.25, 0.3) is 11.3 Å². The second-order valence-corrected chi connectivity index (χ2v) is 9.93. The molecular weight excluding hydrogens is 544 g/mol. The van der Waals surface area contributed by atoms with Gasteiger partial charge in [-0.15, -0.1) is 10.2 Å². The van der Waals surface area contributed by atoms with E-state index in [0.29, 0.717) is 33.8 Å². The molecule has 182 valence electrons. The SMILES string of the molecule is Cc1ccc(CSc2nnc3c(n2)O[C@@H](c2cc(Br)ccc2OCC(=O)O)Nc2ccccc2-3)cc1. The summed E-state index contributed by atoms with van der Waals surface area (Å²) in [5.74, 6) is 0.331. The summed E-state index contributed by atoms with van der Waals surface area (Å²) in [6.45, 7) is 1.58. The maximum absolute atomic E-state index is 11.1. The van der Waals surface area contributed by atoms with Crippen LogP contribution in [0.15, 0.2) is 76.4 Å². The Morgan fingerprint density at radius 1 is 1.14 bits per heavy atom.